The highest BCUT2D eigenvalue weighted by molar-refractivity contribution is 14.0. The number of nitrogens with zero attached hydrogens (tertiary/aromatic N) is 2. The van der Waals surface area contributed by atoms with Crippen molar-refractivity contribution in [1.82, 2.24) is 15.5 Å². The lowest BCUT2D eigenvalue weighted by atomic mass is 10.1. The molecule has 172 valence electrons. The lowest BCUT2D eigenvalue weighted by molar-refractivity contribution is -0.138. The number of halogens is 5. The summed E-state index contributed by atoms with van der Waals surface area (Å²) in [4.78, 5) is 7.62. The first-order chi connectivity index (χ1) is 14.4. The van der Waals surface area contributed by atoms with Crippen molar-refractivity contribution in [3.05, 3.63) is 57.5 Å². The minimum absolute atomic E-state index is 0. The Morgan fingerprint density at radius 2 is 1.97 bits per heavy atom. The fourth-order valence-electron chi connectivity index (χ4n) is 3.34. The van der Waals surface area contributed by atoms with Gasteiger partial charge in [0.25, 0.3) is 0 Å². The third kappa shape index (κ3) is 7.29. The molecule has 1 aliphatic heterocycles. The van der Waals surface area contributed by atoms with Gasteiger partial charge in [-0.3, -0.25) is 9.89 Å². The maximum Gasteiger partial charge on any atom is 0.416 e. The topological polar surface area (TPSA) is 48.9 Å². The lowest BCUT2D eigenvalue weighted by Gasteiger charge is -2.34. The standard InChI is InChI=1S/C20H24F4N4OS.HI/c1-25-19(26-12-14-4-5-15(21)11-16(14)20(22,23)24)27-13-17(18-3-2-10-30-18)28-6-8-29-9-7-28;/h2-5,10-11,17H,6-9,12-13H2,1H3,(H2,25,26,27);1H. The van der Waals surface area contributed by atoms with Crippen LogP contribution < -0.4 is 10.6 Å². The first kappa shape index (κ1) is 25.8. The quantitative estimate of drug-likeness (QED) is 0.235. The zero-order valence-corrected chi connectivity index (χ0v) is 20.1. The number of guanidine groups is 1. The Kier molecular flexibility index (Phi) is 9.97. The van der Waals surface area contributed by atoms with Crippen LogP contribution in [0.3, 0.4) is 0 Å². The molecule has 2 N–H and O–H groups in total. The van der Waals surface area contributed by atoms with E-state index in [4.69, 9.17) is 4.74 Å². The second-order valence-corrected chi connectivity index (χ2v) is 7.76. The highest BCUT2D eigenvalue weighted by atomic mass is 127. The van der Waals surface area contributed by atoms with Gasteiger partial charge >= 0.3 is 6.18 Å². The van der Waals surface area contributed by atoms with E-state index in [0.29, 0.717) is 31.8 Å². The SMILES string of the molecule is CN=C(NCc1ccc(F)cc1C(F)(F)F)NCC(c1cccs1)N1CCOCC1.I. The number of thiophene rings is 1. The molecular weight excluding hydrogens is 547 g/mol. The van der Waals surface area contributed by atoms with Crippen molar-refractivity contribution < 1.29 is 22.3 Å². The fourth-order valence-corrected chi connectivity index (χ4v) is 4.20. The molecule has 0 amide bonds. The van der Waals surface area contributed by atoms with Crippen LogP contribution >= 0.6 is 35.3 Å². The monoisotopic (exact) mass is 572 g/mol. The van der Waals surface area contributed by atoms with Crippen molar-refractivity contribution in [1.29, 1.82) is 0 Å². The number of morpholine rings is 1. The van der Waals surface area contributed by atoms with Crippen molar-refractivity contribution in [3.8, 4) is 0 Å². The number of benzene rings is 1. The molecule has 1 saturated heterocycles. The number of hydrogen-bond donors (Lipinski definition) is 2. The summed E-state index contributed by atoms with van der Waals surface area (Å²) in [6.45, 7) is 3.35. The molecule has 2 heterocycles. The Labute approximate surface area is 199 Å². The number of rotatable bonds is 6. The van der Waals surface area contributed by atoms with Gasteiger partial charge in [0, 0.05) is 38.1 Å². The lowest BCUT2D eigenvalue weighted by Crippen LogP contribution is -2.46. The third-order valence-corrected chi connectivity index (χ3v) is 5.84. The first-order valence-corrected chi connectivity index (χ1v) is 10.4. The molecule has 0 radical (unpaired) electrons. The van der Waals surface area contributed by atoms with Gasteiger partial charge in [0.2, 0.25) is 0 Å². The van der Waals surface area contributed by atoms with Gasteiger partial charge in [-0.1, -0.05) is 12.1 Å². The Bertz CT molecular complexity index is 842. The highest BCUT2D eigenvalue weighted by Gasteiger charge is 2.33. The van der Waals surface area contributed by atoms with E-state index in [0.717, 1.165) is 25.2 Å². The summed E-state index contributed by atoms with van der Waals surface area (Å²) < 4.78 is 58.3. The summed E-state index contributed by atoms with van der Waals surface area (Å²) in [5.41, 5.74) is -1.04. The number of hydrogen-bond acceptors (Lipinski definition) is 4. The largest absolute Gasteiger partial charge is 0.416 e. The minimum Gasteiger partial charge on any atom is -0.379 e. The highest BCUT2D eigenvalue weighted by Crippen LogP contribution is 2.32. The average Bonchev–Trinajstić information content (AvgIpc) is 3.26. The normalized spacial score (nSPS) is 16.5. The second kappa shape index (κ2) is 12.0. The van der Waals surface area contributed by atoms with Crippen LogP contribution in [0.2, 0.25) is 0 Å². The number of nitrogens with one attached hydrogen (secondary N) is 2. The van der Waals surface area contributed by atoms with Crippen LogP contribution in [0.15, 0.2) is 40.7 Å². The van der Waals surface area contributed by atoms with Crippen LogP contribution in [0.4, 0.5) is 17.6 Å². The smallest absolute Gasteiger partial charge is 0.379 e. The van der Waals surface area contributed by atoms with E-state index in [1.165, 1.54) is 4.88 Å². The molecule has 1 fully saturated rings. The van der Waals surface area contributed by atoms with Crippen LogP contribution in [-0.2, 0) is 17.5 Å². The molecule has 0 spiro atoms. The molecule has 3 rings (SSSR count). The van der Waals surface area contributed by atoms with Gasteiger partial charge in [-0.25, -0.2) is 4.39 Å². The predicted molar refractivity (Wildman–Crippen MR) is 124 cm³/mol. The molecule has 1 aromatic carbocycles. The van der Waals surface area contributed by atoms with Gasteiger partial charge < -0.3 is 15.4 Å². The molecule has 0 aliphatic carbocycles. The molecule has 11 heteroatoms. The molecule has 5 nitrogen and oxygen atoms in total. The average molecular weight is 572 g/mol. The van der Waals surface area contributed by atoms with Crippen molar-refractivity contribution in [2.45, 2.75) is 18.8 Å². The van der Waals surface area contributed by atoms with E-state index >= 15 is 0 Å². The summed E-state index contributed by atoms with van der Waals surface area (Å²) >= 11 is 1.66. The molecule has 0 bridgehead atoms. The predicted octanol–water partition coefficient (Wildman–Crippen LogP) is 4.26. The summed E-state index contributed by atoms with van der Waals surface area (Å²) in [5.74, 6) is -0.542. The van der Waals surface area contributed by atoms with Crippen molar-refractivity contribution >= 4 is 41.3 Å². The number of alkyl halides is 3. The number of ether oxygens (including phenoxy) is 1. The molecule has 1 aromatic heterocycles. The van der Waals surface area contributed by atoms with Crippen molar-refractivity contribution in [3.63, 3.8) is 0 Å². The van der Waals surface area contributed by atoms with E-state index in [1.54, 1.807) is 18.4 Å². The molecule has 2 aromatic rings. The molecule has 1 unspecified atom stereocenters. The molecule has 31 heavy (non-hydrogen) atoms. The van der Waals surface area contributed by atoms with Crippen LogP contribution in [0.25, 0.3) is 0 Å². The Morgan fingerprint density at radius 3 is 2.58 bits per heavy atom. The van der Waals surface area contributed by atoms with Crippen molar-refractivity contribution in [2.24, 2.45) is 4.99 Å². The molecule has 1 aliphatic rings. The number of aliphatic imine (C=N–C) groups is 1. The van der Waals surface area contributed by atoms with Gasteiger partial charge in [-0.15, -0.1) is 35.3 Å². The third-order valence-electron chi connectivity index (χ3n) is 4.87. The van der Waals surface area contributed by atoms with Gasteiger partial charge in [0.05, 0.1) is 24.8 Å². The van der Waals surface area contributed by atoms with Crippen LogP contribution in [0, 0.1) is 5.82 Å². The van der Waals surface area contributed by atoms with E-state index in [2.05, 4.69) is 26.6 Å². The van der Waals surface area contributed by atoms with Crippen LogP contribution in [0.5, 0.6) is 0 Å². The van der Waals surface area contributed by atoms with Crippen LogP contribution in [-0.4, -0.2) is 50.8 Å². The fraction of sp³-hybridized carbons (Fsp3) is 0.450. The summed E-state index contributed by atoms with van der Waals surface area (Å²) in [5, 5.41) is 8.12. The summed E-state index contributed by atoms with van der Waals surface area (Å²) in [7, 11) is 1.56. The van der Waals surface area contributed by atoms with E-state index in [-0.39, 0.29) is 42.1 Å². The van der Waals surface area contributed by atoms with Gasteiger partial charge in [-0.05, 0) is 29.1 Å². The molecule has 0 saturated carbocycles. The van der Waals surface area contributed by atoms with Gasteiger partial charge in [0.1, 0.15) is 5.82 Å². The maximum absolute atomic E-state index is 13.3. The Balaban J connectivity index is 0.00000341. The van der Waals surface area contributed by atoms with Crippen LogP contribution in [0.1, 0.15) is 22.0 Å². The Morgan fingerprint density at radius 1 is 1.23 bits per heavy atom. The Hall–Kier alpha value is -1.44. The molecule has 1 atom stereocenters. The van der Waals surface area contributed by atoms with E-state index in [9.17, 15) is 17.6 Å². The van der Waals surface area contributed by atoms with Gasteiger partial charge in [0.15, 0.2) is 5.96 Å². The first-order valence-electron chi connectivity index (χ1n) is 9.54. The van der Waals surface area contributed by atoms with E-state index < -0.39 is 17.6 Å². The van der Waals surface area contributed by atoms with E-state index in [1.807, 2.05) is 11.4 Å². The summed E-state index contributed by atoms with van der Waals surface area (Å²) in [6.07, 6.45) is -4.63. The van der Waals surface area contributed by atoms with Gasteiger partial charge in [-0.2, -0.15) is 13.2 Å². The molecular formula is C20H25F4IN4OS. The summed E-state index contributed by atoms with van der Waals surface area (Å²) in [6, 6.07) is 6.83. The zero-order valence-electron chi connectivity index (χ0n) is 16.9. The second-order valence-electron chi connectivity index (χ2n) is 6.79. The minimum atomic E-state index is -4.63. The maximum atomic E-state index is 13.3. The van der Waals surface area contributed by atoms with Crippen molar-refractivity contribution in [2.75, 3.05) is 39.9 Å². The zero-order chi connectivity index (χ0) is 21.6.